The van der Waals surface area contributed by atoms with Crippen molar-refractivity contribution in [3.8, 4) is 5.75 Å². The van der Waals surface area contributed by atoms with Crippen LogP contribution in [0.4, 0.5) is 13.2 Å². The quantitative estimate of drug-likeness (QED) is 0.348. The van der Waals surface area contributed by atoms with E-state index in [1.54, 1.807) is 0 Å². The van der Waals surface area contributed by atoms with Crippen molar-refractivity contribution in [2.24, 2.45) is 5.41 Å². The molecule has 1 aromatic heterocycles. The first-order valence-corrected chi connectivity index (χ1v) is 13.5. The molecule has 3 heterocycles. The van der Waals surface area contributed by atoms with Gasteiger partial charge in [-0.05, 0) is 37.9 Å². The molecule has 0 unspecified atom stereocenters. The molecule has 0 radical (unpaired) electrons. The topological polar surface area (TPSA) is 31.5 Å². The first-order chi connectivity index (χ1) is 17.7. The number of benzene rings is 2. The molecule has 0 bridgehead atoms. The molecule has 0 aliphatic carbocycles. The maximum Gasteiger partial charge on any atom is 0.135 e. The molecule has 200 valence electrons. The number of unbranched alkanes of at least 4 members (excludes halogenated alkanes) is 1. The SMILES string of the molecule is CCCCN1CC(Oc2cc(F)c([C@@H]3c4[nH]c5ccccc5c4C[C@@H](C)N3CC(C)(C)CF)c(F)c2)C1. The number of likely N-dealkylation sites (tertiary alicyclic amines) is 1. The molecule has 0 saturated carbocycles. The Bertz CT molecular complexity index is 1230. The lowest BCUT2D eigenvalue weighted by Gasteiger charge is -2.44. The number of hydrogen-bond donors (Lipinski definition) is 1. The van der Waals surface area contributed by atoms with Crippen LogP contribution in [0.3, 0.4) is 0 Å². The van der Waals surface area contributed by atoms with Gasteiger partial charge in [-0.1, -0.05) is 45.4 Å². The molecule has 4 nitrogen and oxygen atoms in total. The molecule has 5 rings (SSSR count). The Morgan fingerprint density at radius 3 is 2.49 bits per heavy atom. The normalized spacial score (nSPS) is 21.3. The van der Waals surface area contributed by atoms with Crippen LogP contribution in [0.5, 0.6) is 5.75 Å². The van der Waals surface area contributed by atoms with Crippen LogP contribution in [-0.2, 0) is 6.42 Å². The maximum absolute atomic E-state index is 15.8. The van der Waals surface area contributed by atoms with E-state index in [0.29, 0.717) is 6.54 Å². The average Bonchev–Trinajstić information content (AvgIpc) is 3.19. The summed E-state index contributed by atoms with van der Waals surface area (Å²) >= 11 is 0. The Hall–Kier alpha value is -2.51. The number of H-pyrrole nitrogens is 1. The van der Waals surface area contributed by atoms with Crippen molar-refractivity contribution in [2.75, 3.05) is 32.9 Å². The third kappa shape index (κ3) is 5.13. The van der Waals surface area contributed by atoms with Gasteiger partial charge in [-0.3, -0.25) is 14.2 Å². The van der Waals surface area contributed by atoms with Crippen molar-refractivity contribution in [1.29, 1.82) is 0 Å². The minimum atomic E-state index is -0.695. The van der Waals surface area contributed by atoms with E-state index in [1.165, 1.54) is 12.1 Å². The van der Waals surface area contributed by atoms with Gasteiger partial charge in [-0.25, -0.2) is 8.78 Å². The van der Waals surface area contributed by atoms with Crippen molar-refractivity contribution in [3.05, 3.63) is 64.9 Å². The van der Waals surface area contributed by atoms with Gasteiger partial charge >= 0.3 is 0 Å². The van der Waals surface area contributed by atoms with Crippen LogP contribution in [0.2, 0.25) is 0 Å². The second-order valence-electron chi connectivity index (χ2n) is 11.6. The second-order valence-corrected chi connectivity index (χ2v) is 11.6. The molecular weight excluding hydrogens is 475 g/mol. The van der Waals surface area contributed by atoms with E-state index in [4.69, 9.17) is 4.74 Å². The van der Waals surface area contributed by atoms with Crippen LogP contribution in [0.15, 0.2) is 36.4 Å². The molecule has 0 spiro atoms. The lowest BCUT2D eigenvalue weighted by molar-refractivity contribution is 0.0189. The molecule has 1 saturated heterocycles. The molecule has 2 atom stereocenters. The fraction of sp³-hybridized carbons (Fsp3) is 0.533. The number of fused-ring (bicyclic) bond motifs is 3. The zero-order chi connectivity index (χ0) is 26.3. The van der Waals surface area contributed by atoms with Gasteiger partial charge < -0.3 is 9.72 Å². The van der Waals surface area contributed by atoms with E-state index in [9.17, 15) is 4.39 Å². The highest BCUT2D eigenvalue weighted by molar-refractivity contribution is 5.85. The van der Waals surface area contributed by atoms with Crippen molar-refractivity contribution in [3.63, 3.8) is 0 Å². The standard InChI is InChI=1S/C30H38F3N3O/c1-5-6-11-35-15-21(16-35)37-20-13-24(32)27(25(33)14-20)29-28-23(22-9-7-8-10-26(22)34-28)12-19(2)36(29)18-30(3,4)17-31/h7-10,13-14,19,21,29,34H,5-6,11-12,15-18H2,1-4H3/t19-,29-/m1/s1. The molecule has 2 aliphatic rings. The van der Waals surface area contributed by atoms with Crippen LogP contribution >= 0.6 is 0 Å². The Kier molecular flexibility index (Phi) is 7.29. The van der Waals surface area contributed by atoms with Crippen LogP contribution in [0.1, 0.15) is 63.4 Å². The first-order valence-electron chi connectivity index (χ1n) is 13.5. The average molecular weight is 514 g/mol. The first kappa shape index (κ1) is 26.1. The molecule has 1 N–H and O–H groups in total. The van der Waals surface area contributed by atoms with Crippen LogP contribution < -0.4 is 4.74 Å². The number of nitrogens with one attached hydrogen (secondary N) is 1. The highest BCUT2D eigenvalue weighted by Gasteiger charge is 2.41. The number of halogens is 3. The number of para-hydroxylation sites is 1. The Balaban J connectivity index is 1.50. The highest BCUT2D eigenvalue weighted by Crippen LogP contribution is 2.44. The van der Waals surface area contributed by atoms with Crippen LogP contribution in [-0.4, -0.2) is 59.8 Å². The van der Waals surface area contributed by atoms with E-state index in [1.807, 2.05) is 38.1 Å². The summed E-state index contributed by atoms with van der Waals surface area (Å²) in [6, 6.07) is 9.86. The number of rotatable bonds is 9. The molecule has 7 heteroatoms. The van der Waals surface area contributed by atoms with Gasteiger partial charge in [0, 0.05) is 65.4 Å². The summed E-state index contributed by atoms with van der Waals surface area (Å²) in [5.41, 5.74) is 2.13. The molecule has 0 amide bonds. The summed E-state index contributed by atoms with van der Waals surface area (Å²) in [6.07, 6.45) is 2.94. The zero-order valence-electron chi connectivity index (χ0n) is 22.3. The van der Waals surface area contributed by atoms with Crippen molar-refractivity contribution < 1.29 is 17.9 Å². The minimum Gasteiger partial charge on any atom is -0.488 e. The summed E-state index contributed by atoms with van der Waals surface area (Å²) < 4.78 is 51.5. The monoisotopic (exact) mass is 513 g/mol. The van der Waals surface area contributed by atoms with Crippen molar-refractivity contribution >= 4 is 10.9 Å². The number of hydrogen-bond acceptors (Lipinski definition) is 3. The third-order valence-corrected chi connectivity index (χ3v) is 7.87. The molecule has 3 aromatic rings. The maximum atomic E-state index is 15.8. The molecular formula is C30H38F3N3O. The van der Waals surface area contributed by atoms with Crippen LogP contribution in [0.25, 0.3) is 10.9 Å². The van der Waals surface area contributed by atoms with Gasteiger partial charge in [0.25, 0.3) is 0 Å². The Morgan fingerprint density at radius 2 is 1.81 bits per heavy atom. The van der Waals surface area contributed by atoms with E-state index in [2.05, 4.69) is 28.6 Å². The van der Waals surface area contributed by atoms with E-state index >= 15 is 8.78 Å². The number of alkyl halides is 1. The van der Waals surface area contributed by atoms with Gasteiger partial charge in [0.05, 0.1) is 12.7 Å². The number of aromatic nitrogens is 1. The zero-order valence-corrected chi connectivity index (χ0v) is 22.3. The largest absolute Gasteiger partial charge is 0.488 e. The van der Waals surface area contributed by atoms with E-state index in [-0.39, 0.29) is 23.5 Å². The molecule has 1 fully saturated rings. The lowest BCUT2D eigenvalue weighted by atomic mass is 9.85. The minimum absolute atomic E-state index is 0.0143. The fourth-order valence-electron chi connectivity index (χ4n) is 5.85. The Morgan fingerprint density at radius 1 is 1.11 bits per heavy atom. The van der Waals surface area contributed by atoms with Crippen molar-refractivity contribution in [2.45, 2.75) is 65.1 Å². The summed E-state index contributed by atoms with van der Waals surface area (Å²) in [5.74, 6) is -1.05. The smallest absolute Gasteiger partial charge is 0.135 e. The predicted octanol–water partition coefficient (Wildman–Crippen LogP) is 6.64. The van der Waals surface area contributed by atoms with Gasteiger partial charge in [0.2, 0.25) is 0 Å². The lowest BCUT2D eigenvalue weighted by Crippen LogP contribution is -2.53. The second kappa shape index (κ2) is 10.3. The van der Waals surface area contributed by atoms with Gasteiger partial charge in [0.1, 0.15) is 23.5 Å². The van der Waals surface area contributed by atoms with E-state index < -0.39 is 29.8 Å². The highest BCUT2D eigenvalue weighted by atomic mass is 19.1. The fourth-order valence-corrected chi connectivity index (χ4v) is 5.85. The summed E-state index contributed by atoms with van der Waals surface area (Å²) in [7, 11) is 0. The predicted molar refractivity (Wildman–Crippen MR) is 142 cm³/mol. The van der Waals surface area contributed by atoms with Crippen LogP contribution in [0, 0.1) is 17.0 Å². The molecule has 2 aliphatic heterocycles. The Labute approximate surface area is 217 Å². The van der Waals surface area contributed by atoms with Gasteiger partial charge in [-0.15, -0.1) is 0 Å². The summed E-state index contributed by atoms with van der Waals surface area (Å²) in [5, 5.41) is 1.07. The number of nitrogens with zero attached hydrogens (tertiary/aromatic N) is 2. The summed E-state index contributed by atoms with van der Waals surface area (Å²) in [6.45, 7) is 10.3. The van der Waals surface area contributed by atoms with Crippen molar-refractivity contribution in [1.82, 2.24) is 14.8 Å². The van der Waals surface area contributed by atoms with Gasteiger partial charge in [0.15, 0.2) is 0 Å². The summed E-state index contributed by atoms with van der Waals surface area (Å²) in [4.78, 5) is 7.80. The van der Waals surface area contributed by atoms with Gasteiger partial charge in [-0.2, -0.15) is 0 Å². The number of ether oxygens (including phenoxy) is 1. The van der Waals surface area contributed by atoms with E-state index in [0.717, 1.165) is 61.1 Å². The third-order valence-electron chi connectivity index (χ3n) is 7.87. The number of aromatic amines is 1. The molecule has 37 heavy (non-hydrogen) atoms. The molecule has 2 aromatic carbocycles.